The maximum Gasteiger partial charge on any atom is 0.342 e. The van der Waals surface area contributed by atoms with Crippen molar-refractivity contribution in [2.75, 3.05) is 6.61 Å². The van der Waals surface area contributed by atoms with Gasteiger partial charge in [0.25, 0.3) is 5.91 Å². The van der Waals surface area contributed by atoms with Gasteiger partial charge in [0, 0.05) is 12.4 Å². The van der Waals surface area contributed by atoms with Crippen LogP contribution < -0.4 is 10.5 Å². The summed E-state index contributed by atoms with van der Waals surface area (Å²) < 4.78 is 12.5. The fourth-order valence-electron chi connectivity index (χ4n) is 2.35. The second-order valence-corrected chi connectivity index (χ2v) is 5.53. The number of aromatic nitrogens is 2. The molecule has 128 valence electrons. The predicted octanol–water partition coefficient (Wildman–Crippen LogP) is 1.86. The van der Waals surface area contributed by atoms with Crippen LogP contribution in [-0.2, 0) is 16.1 Å². The Balaban J connectivity index is 1.74. The molecule has 0 aliphatic heterocycles. The molecule has 0 radical (unpaired) electrons. The van der Waals surface area contributed by atoms with Gasteiger partial charge in [0.2, 0.25) is 0 Å². The molecule has 1 amide bonds. The van der Waals surface area contributed by atoms with Crippen molar-refractivity contribution in [3.05, 3.63) is 65.6 Å². The number of imidazole rings is 1. The topological polar surface area (TPSA) is 95.9 Å². The molecule has 0 atom stereocenters. The highest BCUT2D eigenvalue weighted by molar-refractivity contribution is 5.93. The lowest BCUT2D eigenvalue weighted by atomic mass is 10.2. The number of fused-ring (bicyclic) bond motifs is 1. The van der Waals surface area contributed by atoms with Crippen molar-refractivity contribution in [2.24, 2.45) is 5.73 Å². The average Bonchev–Trinajstić information content (AvgIpc) is 3.00. The van der Waals surface area contributed by atoms with E-state index in [1.54, 1.807) is 24.3 Å². The van der Waals surface area contributed by atoms with Crippen LogP contribution in [0.5, 0.6) is 5.75 Å². The maximum absolute atomic E-state index is 12.0. The second-order valence-electron chi connectivity index (χ2n) is 5.53. The van der Waals surface area contributed by atoms with Crippen molar-refractivity contribution in [2.45, 2.75) is 13.5 Å². The molecule has 0 aliphatic rings. The monoisotopic (exact) mass is 339 g/mol. The molecule has 0 fully saturated rings. The minimum Gasteiger partial charge on any atom is -0.486 e. The quantitative estimate of drug-likeness (QED) is 0.692. The molecule has 0 unspecified atom stereocenters. The summed E-state index contributed by atoms with van der Waals surface area (Å²) in [5, 5.41) is 0. The third kappa shape index (κ3) is 3.95. The molecule has 1 aromatic carbocycles. The van der Waals surface area contributed by atoms with Crippen LogP contribution >= 0.6 is 0 Å². The predicted molar refractivity (Wildman–Crippen MR) is 90.2 cm³/mol. The first-order chi connectivity index (χ1) is 12.0. The largest absolute Gasteiger partial charge is 0.486 e. The fourth-order valence-corrected chi connectivity index (χ4v) is 2.35. The fraction of sp³-hybridized carbons (Fsp3) is 0.167. The number of esters is 1. The summed E-state index contributed by atoms with van der Waals surface area (Å²) in [6, 6.07) is 10.5. The van der Waals surface area contributed by atoms with Gasteiger partial charge in [-0.25, -0.2) is 9.78 Å². The highest BCUT2D eigenvalue weighted by Crippen LogP contribution is 2.20. The molecule has 3 rings (SSSR count). The van der Waals surface area contributed by atoms with Gasteiger partial charge in [-0.15, -0.1) is 0 Å². The normalized spacial score (nSPS) is 10.6. The van der Waals surface area contributed by atoms with Crippen LogP contribution in [0.3, 0.4) is 0 Å². The summed E-state index contributed by atoms with van der Waals surface area (Å²) in [5.41, 5.74) is 7.88. The molecule has 2 aromatic heterocycles. The Labute approximate surface area is 144 Å². The molecule has 2 N–H and O–H groups in total. The molecule has 0 spiro atoms. The van der Waals surface area contributed by atoms with Crippen LogP contribution in [0, 0.1) is 6.92 Å². The van der Waals surface area contributed by atoms with Crippen LogP contribution in [0.2, 0.25) is 0 Å². The Hall–Kier alpha value is -3.35. The van der Waals surface area contributed by atoms with E-state index in [0.29, 0.717) is 5.75 Å². The van der Waals surface area contributed by atoms with Gasteiger partial charge in [-0.2, -0.15) is 0 Å². The van der Waals surface area contributed by atoms with Crippen molar-refractivity contribution in [3.8, 4) is 5.75 Å². The summed E-state index contributed by atoms with van der Waals surface area (Å²) in [6.07, 6.45) is 3.84. The molecule has 25 heavy (non-hydrogen) atoms. The summed E-state index contributed by atoms with van der Waals surface area (Å²) >= 11 is 0. The number of pyridine rings is 1. The maximum atomic E-state index is 12.0. The van der Waals surface area contributed by atoms with E-state index in [1.165, 1.54) is 0 Å². The number of aryl methyl sites for hydroxylation is 1. The van der Waals surface area contributed by atoms with E-state index in [9.17, 15) is 9.59 Å². The van der Waals surface area contributed by atoms with E-state index in [0.717, 1.165) is 16.9 Å². The zero-order valence-electron chi connectivity index (χ0n) is 13.6. The van der Waals surface area contributed by atoms with Crippen molar-refractivity contribution in [1.29, 1.82) is 0 Å². The van der Waals surface area contributed by atoms with E-state index in [4.69, 9.17) is 15.2 Å². The third-order valence-electron chi connectivity index (χ3n) is 3.48. The van der Waals surface area contributed by atoms with Gasteiger partial charge in [0.1, 0.15) is 23.6 Å². The van der Waals surface area contributed by atoms with E-state index in [2.05, 4.69) is 4.98 Å². The molecule has 0 bridgehead atoms. The summed E-state index contributed by atoms with van der Waals surface area (Å²) in [6.45, 7) is 1.73. The number of amides is 1. The number of primary amides is 1. The number of carbonyl (C=O) groups is 2. The number of hydrogen-bond donors (Lipinski definition) is 1. The first kappa shape index (κ1) is 16.5. The number of nitrogens with zero attached hydrogens (tertiary/aromatic N) is 2. The van der Waals surface area contributed by atoms with Gasteiger partial charge in [0.05, 0.1) is 5.69 Å². The Kier molecular flexibility index (Phi) is 4.65. The van der Waals surface area contributed by atoms with Gasteiger partial charge in [-0.1, -0.05) is 18.2 Å². The van der Waals surface area contributed by atoms with Gasteiger partial charge in [-0.05, 0) is 30.7 Å². The minimum absolute atomic E-state index is 0.195. The van der Waals surface area contributed by atoms with Crippen LogP contribution in [-0.4, -0.2) is 27.9 Å². The SMILES string of the molecule is Cc1ccc2nc(COc3ccccc3C(=O)OCC(N)=O)cn2c1. The number of ether oxygens (including phenoxy) is 2. The lowest BCUT2D eigenvalue weighted by molar-refractivity contribution is -0.121. The zero-order valence-corrected chi connectivity index (χ0v) is 13.6. The smallest absolute Gasteiger partial charge is 0.342 e. The van der Waals surface area contributed by atoms with Crippen LogP contribution in [0.25, 0.3) is 5.65 Å². The second kappa shape index (κ2) is 7.04. The molecule has 7 heteroatoms. The number of para-hydroxylation sites is 1. The number of carbonyl (C=O) groups excluding carboxylic acids is 2. The first-order valence-corrected chi connectivity index (χ1v) is 7.64. The Bertz CT molecular complexity index is 933. The van der Waals surface area contributed by atoms with E-state index in [-0.39, 0.29) is 12.2 Å². The van der Waals surface area contributed by atoms with Gasteiger partial charge in [0.15, 0.2) is 6.61 Å². The zero-order chi connectivity index (χ0) is 17.8. The lowest BCUT2D eigenvalue weighted by Gasteiger charge is -2.09. The highest BCUT2D eigenvalue weighted by Gasteiger charge is 2.15. The molecular weight excluding hydrogens is 322 g/mol. The number of rotatable bonds is 6. The Morgan fingerprint density at radius 2 is 1.96 bits per heavy atom. The van der Waals surface area contributed by atoms with Crippen LogP contribution in [0.1, 0.15) is 21.6 Å². The molecule has 0 saturated carbocycles. The van der Waals surface area contributed by atoms with Crippen LogP contribution in [0.15, 0.2) is 48.8 Å². The van der Waals surface area contributed by atoms with Gasteiger partial charge in [-0.3, -0.25) is 4.79 Å². The lowest BCUT2D eigenvalue weighted by Crippen LogP contribution is -2.21. The summed E-state index contributed by atoms with van der Waals surface area (Å²) in [5.74, 6) is -1.03. The average molecular weight is 339 g/mol. The van der Waals surface area contributed by atoms with Crippen molar-refractivity contribution >= 4 is 17.5 Å². The number of hydrogen-bond acceptors (Lipinski definition) is 5. The van der Waals surface area contributed by atoms with Gasteiger partial charge < -0.3 is 19.6 Å². The highest BCUT2D eigenvalue weighted by atomic mass is 16.5. The third-order valence-corrected chi connectivity index (χ3v) is 3.48. The molecule has 3 aromatic rings. The minimum atomic E-state index is -0.716. The standard InChI is InChI=1S/C18H17N3O4/c1-12-6-7-17-20-13(9-21(17)8-12)10-24-15-5-3-2-4-14(15)18(23)25-11-16(19)22/h2-9H,10-11H2,1H3,(H2,19,22). The molecule has 0 saturated heterocycles. The Morgan fingerprint density at radius 1 is 1.16 bits per heavy atom. The summed E-state index contributed by atoms with van der Waals surface area (Å²) in [4.78, 5) is 27.2. The van der Waals surface area contributed by atoms with E-state index >= 15 is 0 Å². The van der Waals surface area contributed by atoms with Crippen molar-refractivity contribution in [3.63, 3.8) is 0 Å². The van der Waals surface area contributed by atoms with E-state index in [1.807, 2.05) is 35.9 Å². The van der Waals surface area contributed by atoms with Gasteiger partial charge >= 0.3 is 5.97 Å². The molecule has 7 nitrogen and oxygen atoms in total. The Morgan fingerprint density at radius 3 is 2.76 bits per heavy atom. The molecular formula is C18H17N3O4. The number of nitrogens with two attached hydrogens (primary N) is 1. The van der Waals surface area contributed by atoms with Crippen molar-refractivity contribution in [1.82, 2.24) is 9.38 Å². The van der Waals surface area contributed by atoms with E-state index < -0.39 is 18.5 Å². The molecule has 2 heterocycles. The van der Waals surface area contributed by atoms with Crippen molar-refractivity contribution < 1.29 is 19.1 Å². The number of benzene rings is 1. The first-order valence-electron chi connectivity index (χ1n) is 7.64. The summed E-state index contributed by atoms with van der Waals surface area (Å²) in [7, 11) is 0. The molecule has 0 aliphatic carbocycles. The van der Waals surface area contributed by atoms with Crippen LogP contribution in [0.4, 0.5) is 0 Å².